The lowest BCUT2D eigenvalue weighted by Gasteiger charge is -2.15. The molecule has 4 aromatic rings. The summed E-state index contributed by atoms with van der Waals surface area (Å²) >= 11 is 5.95. The van der Waals surface area contributed by atoms with Crippen LogP contribution in [0.3, 0.4) is 0 Å². The van der Waals surface area contributed by atoms with E-state index in [1.54, 1.807) is 93.0 Å². The first kappa shape index (κ1) is 30.4. The highest BCUT2D eigenvalue weighted by molar-refractivity contribution is 7.92. The van der Waals surface area contributed by atoms with E-state index >= 15 is 0 Å². The second kappa shape index (κ2) is 13.4. The zero-order valence-electron chi connectivity index (χ0n) is 23.3. The lowest BCUT2D eigenvalue weighted by atomic mass is 10.0. The number of hydrogen-bond acceptors (Lipinski definition) is 6. The molecule has 0 heterocycles. The molecule has 0 aliphatic carbocycles. The minimum Gasteiger partial charge on any atom is -0.495 e. The number of nitrogens with zero attached hydrogens (tertiary/aromatic N) is 1. The predicted octanol–water partition coefficient (Wildman–Crippen LogP) is 5.36. The molecule has 4 aromatic carbocycles. The van der Waals surface area contributed by atoms with Crippen molar-refractivity contribution in [2.45, 2.75) is 4.90 Å². The molecular formula is C31H31ClN4O5S. The maximum atomic E-state index is 13.5. The van der Waals surface area contributed by atoms with E-state index in [4.69, 9.17) is 16.3 Å². The minimum absolute atomic E-state index is 0.0473. The molecule has 0 bridgehead atoms. The van der Waals surface area contributed by atoms with Gasteiger partial charge in [-0.05, 0) is 71.8 Å². The van der Waals surface area contributed by atoms with Crippen molar-refractivity contribution in [3.05, 3.63) is 107 Å². The molecule has 0 saturated heterocycles. The van der Waals surface area contributed by atoms with E-state index in [1.165, 1.54) is 18.1 Å². The Kier molecular flexibility index (Phi) is 9.72. The second-order valence-electron chi connectivity index (χ2n) is 9.53. The average Bonchev–Trinajstić information content (AvgIpc) is 2.98. The largest absolute Gasteiger partial charge is 0.495 e. The third kappa shape index (κ3) is 7.59. The third-order valence-electron chi connectivity index (χ3n) is 6.24. The van der Waals surface area contributed by atoms with Gasteiger partial charge in [0.25, 0.3) is 21.8 Å². The molecule has 11 heteroatoms. The Balaban J connectivity index is 1.46. The quantitative estimate of drug-likeness (QED) is 0.198. The number of amides is 2. The summed E-state index contributed by atoms with van der Waals surface area (Å²) in [5, 5.41) is 6.47. The van der Waals surface area contributed by atoms with E-state index < -0.39 is 10.0 Å². The van der Waals surface area contributed by atoms with Gasteiger partial charge in [-0.1, -0.05) is 41.9 Å². The number of carbonyl (C=O) groups excluding carboxylic acids is 2. The molecule has 0 atom stereocenters. The van der Waals surface area contributed by atoms with Crippen LogP contribution in [0.15, 0.2) is 95.9 Å². The Hall–Kier alpha value is -4.54. The Labute approximate surface area is 250 Å². The number of halogens is 1. The van der Waals surface area contributed by atoms with Crippen LogP contribution in [0.25, 0.3) is 11.1 Å². The van der Waals surface area contributed by atoms with Crippen molar-refractivity contribution in [2.75, 3.05) is 44.3 Å². The average molecular weight is 607 g/mol. The van der Waals surface area contributed by atoms with Crippen molar-refractivity contribution in [1.29, 1.82) is 0 Å². The van der Waals surface area contributed by atoms with Gasteiger partial charge < -0.3 is 20.3 Å². The van der Waals surface area contributed by atoms with Crippen molar-refractivity contribution in [2.24, 2.45) is 0 Å². The first-order valence-electron chi connectivity index (χ1n) is 13.0. The number of carbonyl (C=O) groups is 2. The minimum atomic E-state index is -4.06. The molecule has 0 aliphatic heterocycles. The molecule has 0 fully saturated rings. The molecule has 2 amide bonds. The van der Waals surface area contributed by atoms with Gasteiger partial charge in [-0.2, -0.15) is 0 Å². The number of sulfonamides is 1. The molecule has 4 rings (SSSR count). The van der Waals surface area contributed by atoms with Gasteiger partial charge in [-0.25, -0.2) is 8.42 Å². The molecule has 0 unspecified atom stereocenters. The fourth-order valence-corrected chi connectivity index (χ4v) is 5.61. The summed E-state index contributed by atoms with van der Waals surface area (Å²) in [6.07, 6.45) is 0. The topological polar surface area (TPSA) is 117 Å². The molecule has 0 aromatic heterocycles. The monoisotopic (exact) mass is 606 g/mol. The normalized spacial score (nSPS) is 11.0. The van der Waals surface area contributed by atoms with Gasteiger partial charge in [0.15, 0.2) is 0 Å². The van der Waals surface area contributed by atoms with Crippen LogP contribution >= 0.6 is 11.6 Å². The molecule has 9 nitrogen and oxygen atoms in total. The highest BCUT2D eigenvalue weighted by atomic mass is 35.5. The smallest absolute Gasteiger partial charge is 0.265 e. The van der Waals surface area contributed by atoms with E-state index in [2.05, 4.69) is 15.4 Å². The maximum absolute atomic E-state index is 13.5. The Morgan fingerprint density at radius 2 is 1.50 bits per heavy atom. The molecule has 0 spiro atoms. The maximum Gasteiger partial charge on any atom is 0.265 e. The second-order valence-corrected chi connectivity index (χ2v) is 11.6. The zero-order valence-corrected chi connectivity index (χ0v) is 24.9. The summed E-state index contributed by atoms with van der Waals surface area (Å²) in [4.78, 5) is 26.2. The Bertz CT molecular complexity index is 1710. The third-order valence-corrected chi connectivity index (χ3v) is 7.88. The zero-order chi connectivity index (χ0) is 30.3. The highest BCUT2D eigenvalue weighted by Gasteiger charge is 2.21. The van der Waals surface area contributed by atoms with Gasteiger partial charge in [-0.3, -0.25) is 14.3 Å². The molecule has 0 radical (unpaired) electrons. The molecule has 218 valence electrons. The lowest BCUT2D eigenvalue weighted by Crippen LogP contribution is -2.28. The predicted molar refractivity (Wildman–Crippen MR) is 166 cm³/mol. The number of ether oxygens (including phenoxy) is 1. The number of methoxy groups -OCH3 is 1. The van der Waals surface area contributed by atoms with E-state index in [0.717, 1.165) is 0 Å². The van der Waals surface area contributed by atoms with E-state index in [9.17, 15) is 18.0 Å². The summed E-state index contributed by atoms with van der Waals surface area (Å²) in [6, 6.07) is 25.3. The lowest BCUT2D eigenvalue weighted by molar-refractivity contribution is 0.0827. The van der Waals surface area contributed by atoms with Gasteiger partial charge in [0, 0.05) is 49.0 Å². The van der Waals surface area contributed by atoms with Gasteiger partial charge in [0.1, 0.15) is 10.6 Å². The molecule has 42 heavy (non-hydrogen) atoms. The van der Waals surface area contributed by atoms with E-state index in [1.807, 2.05) is 6.07 Å². The van der Waals surface area contributed by atoms with Crippen LogP contribution in [-0.2, 0) is 10.0 Å². The van der Waals surface area contributed by atoms with Crippen LogP contribution in [0, 0.1) is 0 Å². The number of anilines is 2. The van der Waals surface area contributed by atoms with E-state index in [-0.39, 0.29) is 22.5 Å². The number of benzene rings is 4. The molecule has 3 N–H and O–H groups in total. The summed E-state index contributed by atoms with van der Waals surface area (Å²) in [5.74, 6) is -0.221. The first-order valence-corrected chi connectivity index (χ1v) is 14.8. The SMILES string of the molecule is COc1ccc(-c2cccc(C(=O)N(C)C)c2)cc1S(=O)(=O)Nc1cccc(NCCNC(=O)c2cccc(Cl)c2)c1. The van der Waals surface area contributed by atoms with Gasteiger partial charge >= 0.3 is 0 Å². The molecule has 0 saturated carbocycles. The van der Waals surface area contributed by atoms with E-state index in [0.29, 0.717) is 51.7 Å². The van der Waals surface area contributed by atoms with Gasteiger partial charge in [-0.15, -0.1) is 0 Å². The highest BCUT2D eigenvalue weighted by Crippen LogP contribution is 2.32. The number of rotatable bonds is 11. The summed E-state index contributed by atoms with van der Waals surface area (Å²) < 4.78 is 35.0. The standard InChI is InChI=1S/C31H31ClN4O5S/c1-36(2)31(38)24-9-4-7-21(17-24)22-13-14-28(41-3)29(19-22)42(39,40)35-27-12-6-11-26(20-27)33-15-16-34-30(37)23-8-5-10-25(32)18-23/h4-14,17-20,33,35H,15-16H2,1-3H3,(H,34,37). The van der Waals surface area contributed by atoms with Crippen LogP contribution in [-0.4, -0.2) is 59.4 Å². The van der Waals surface area contributed by atoms with Crippen molar-refractivity contribution in [3.63, 3.8) is 0 Å². The van der Waals surface area contributed by atoms with Crippen LogP contribution in [0.2, 0.25) is 5.02 Å². The number of nitrogens with one attached hydrogen (secondary N) is 3. The summed E-state index contributed by atoms with van der Waals surface area (Å²) in [6.45, 7) is 0.750. The van der Waals surface area contributed by atoms with Crippen LogP contribution in [0.4, 0.5) is 11.4 Å². The van der Waals surface area contributed by atoms with Crippen molar-refractivity contribution in [3.8, 4) is 16.9 Å². The van der Waals surface area contributed by atoms with Crippen molar-refractivity contribution < 1.29 is 22.7 Å². The van der Waals surface area contributed by atoms with Gasteiger partial charge in [0.05, 0.1) is 12.8 Å². The Morgan fingerprint density at radius 1 is 0.810 bits per heavy atom. The summed E-state index contributed by atoms with van der Waals surface area (Å²) in [7, 11) is 0.684. The van der Waals surface area contributed by atoms with Crippen LogP contribution in [0.5, 0.6) is 5.75 Å². The Morgan fingerprint density at radius 3 is 2.24 bits per heavy atom. The summed E-state index contributed by atoms with van der Waals surface area (Å²) in [5.41, 5.74) is 3.26. The first-order chi connectivity index (χ1) is 20.1. The fraction of sp³-hybridized carbons (Fsp3) is 0.161. The van der Waals surface area contributed by atoms with Crippen LogP contribution in [0.1, 0.15) is 20.7 Å². The molecule has 0 aliphatic rings. The van der Waals surface area contributed by atoms with Crippen molar-refractivity contribution in [1.82, 2.24) is 10.2 Å². The number of hydrogen-bond donors (Lipinski definition) is 3. The van der Waals surface area contributed by atoms with Crippen LogP contribution < -0.4 is 20.1 Å². The fourth-order valence-electron chi connectivity index (χ4n) is 4.17. The molecular weight excluding hydrogens is 576 g/mol. The van der Waals surface area contributed by atoms with Crippen molar-refractivity contribution >= 4 is 44.8 Å². The van der Waals surface area contributed by atoms with Gasteiger partial charge in [0.2, 0.25) is 0 Å².